The van der Waals surface area contributed by atoms with E-state index < -0.39 is 12.7 Å². The lowest BCUT2D eigenvalue weighted by Crippen LogP contribution is -2.37. The minimum atomic E-state index is -4.25. The highest BCUT2D eigenvalue weighted by atomic mass is 19.4. The number of nitrogens with zero attached hydrogens (tertiary/aromatic N) is 3. The number of aromatic nitrogens is 2. The molecular formula is C22H24F3N3O2. The summed E-state index contributed by atoms with van der Waals surface area (Å²) >= 11 is 0. The molecule has 3 heterocycles. The maximum absolute atomic E-state index is 12.8. The maximum Gasteiger partial charge on any atom is 0.406 e. The molecule has 0 N–H and O–H groups in total. The molecule has 8 heteroatoms. The molecule has 0 amide bonds. The first-order valence-corrected chi connectivity index (χ1v) is 10.5. The Morgan fingerprint density at radius 1 is 1.13 bits per heavy atom. The van der Waals surface area contributed by atoms with Gasteiger partial charge in [-0.3, -0.25) is 4.90 Å². The highest BCUT2D eigenvalue weighted by Crippen LogP contribution is 2.31. The van der Waals surface area contributed by atoms with E-state index in [1.54, 1.807) is 18.2 Å². The van der Waals surface area contributed by atoms with Crippen LogP contribution in [0.5, 0.6) is 5.75 Å². The third kappa shape index (κ3) is 4.05. The summed E-state index contributed by atoms with van der Waals surface area (Å²) in [6.07, 6.45) is 2.14. The fourth-order valence-electron chi connectivity index (χ4n) is 4.50. The Kier molecular flexibility index (Phi) is 4.97. The molecule has 1 aromatic carbocycles. The molecule has 2 aromatic heterocycles. The number of hydrogen-bond acceptors (Lipinski definition) is 4. The van der Waals surface area contributed by atoms with Crippen LogP contribution in [0.1, 0.15) is 36.6 Å². The quantitative estimate of drug-likeness (QED) is 0.600. The third-order valence-corrected chi connectivity index (χ3v) is 5.95. The van der Waals surface area contributed by atoms with Crippen molar-refractivity contribution in [2.24, 2.45) is 0 Å². The van der Waals surface area contributed by atoms with Crippen molar-refractivity contribution in [1.82, 2.24) is 14.5 Å². The molecule has 0 atom stereocenters. The number of halogens is 3. The number of ether oxygens (including phenoxy) is 1. The summed E-state index contributed by atoms with van der Waals surface area (Å²) in [5.74, 6) is 2.50. The molecule has 2 aliphatic rings. The average molecular weight is 419 g/mol. The number of likely N-dealkylation sites (tertiary alicyclic amines) is 1. The van der Waals surface area contributed by atoms with Crippen molar-refractivity contribution in [1.29, 1.82) is 0 Å². The maximum atomic E-state index is 12.8. The summed E-state index contributed by atoms with van der Waals surface area (Å²) in [4.78, 5) is 6.93. The molecule has 5 rings (SSSR count). The number of hydrogen-bond donors (Lipinski definition) is 0. The molecule has 30 heavy (non-hydrogen) atoms. The van der Waals surface area contributed by atoms with Gasteiger partial charge < -0.3 is 13.7 Å². The molecular weight excluding hydrogens is 395 g/mol. The van der Waals surface area contributed by atoms with Crippen LogP contribution >= 0.6 is 0 Å². The summed E-state index contributed by atoms with van der Waals surface area (Å²) in [6, 6.07) is 6.99. The third-order valence-electron chi connectivity index (χ3n) is 5.95. The number of alkyl halides is 3. The van der Waals surface area contributed by atoms with Gasteiger partial charge in [-0.05, 0) is 43.9 Å². The number of piperidine rings is 1. The number of oxazole rings is 1. The van der Waals surface area contributed by atoms with E-state index in [2.05, 4.69) is 9.88 Å². The van der Waals surface area contributed by atoms with Crippen LogP contribution in [-0.4, -0.2) is 39.8 Å². The van der Waals surface area contributed by atoms with E-state index in [-0.39, 0.29) is 6.10 Å². The van der Waals surface area contributed by atoms with Gasteiger partial charge in [-0.25, -0.2) is 4.98 Å². The Labute approximate surface area is 172 Å². The molecule has 3 aromatic rings. The van der Waals surface area contributed by atoms with Crippen LogP contribution in [0.3, 0.4) is 0 Å². The van der Waals surface area contributed by atoms with Crippen molar-refractivity contribution in [3.05, 3.63) is 47.8 Å². The zero-order valence-electron chi connectivity index (χ0n) is 16.6. The van der Waals surface area contributed by atoms with E-state index in [1.165, 1.54) is 10.8 Å². The summed E-state index contributed by atoms with van der Waals surface area (Å²) < 4.78 is 51.7. The predicted octanol–water partition coefficient (Wildman–Crippen LogP) is 4.72. The van der Waals surface area contributed by atoms with Gasteiger partial charge in [0.25, 0.3) is 0 Å². The van der Waals surface area contributed by atoms with Crippen molar-refractivity contribution in [3.8, 4) is 5.75 Å². The smallest absolute Gasteiger partial charge is 0.406 e. The number of benzene rings is 1. The Morgan fingerprint density at radius 3 is 2.73 bits per heavy atom. The highest BCUT2D eigenvalue weighted by molar-refractivity contribution is 5.86. The molecule has 0 saturated carbocycles. The van der Waals surface area contributed by atoms with Gasteiger partial charge in [0.05, 0.1) is 17.8 Å². The topological polar surface area (TPSA) is 43.4 Å². The zero-order chi connectivity index (χ0) is 20.7. The second kappa shape index (κ2) is 7.65. The summed E-state index contributed by atoms with van der Waals surface area (Å²) in [6.45, 7) is 1.48. The van der Waals surface area contributed by atoms with Crippen molar-refractivity contribution < 1.29 is 22.3 Å². The van der Waals surface area contributed by atoms with E-state index in [1.807, 2.05) is 6.07 Å². The first-order valence-electron chi connectivity index (χ1n) is 10.5. The van der Waals surface area contributed by atoms with Gasteiger partial charge in [0, 0.05) is 31.1 Å². The van der Waals surface area contributed by atoms with E-state index in [0.29, 0.717) is 11.3 Å². The fourth-order valence-corrected chi connectivity index (χ4v) is 4.50. The number of rotatable bonds is 5. The van der Waals surface area contributed by atoms with Crippen molar-refractivity contribution in [2.45, 2.75) is 57.5 Å². The van der Waals surface area contributed by atoms with Gasteiger partial charge in [0.15, 0.2) is 0 Å². The van der Waals surface area contributed by atoms with Crippen LogP contribution in [-0.2, 0) is 25.9 Å². The van der Waals surface area contributed by atoms with Gasteiger partial charge in [-0.1, -0.05) is 6.07 Å². The van der Waals surface area contributed by atoms with E-state index in [9.17, 15) is 13.2 Å². The second-order valence-corrected chi connectivity index (χ2v) is 8.17. The van der Waals surface area contributed by atoms with Crippen LogP contribution in [0.25, 0.3) is 10.9 Å². The zero-order valence-corrected chi connectivity index (χ0v) is 16.6. The van der Waals surface area contributed by atoms with Crippen molar-refractivity contribution in [2.75, 3.05) is 13.1 Å². The molecule has 160 valence electrons. The number of aryl methyl sites for hydroxylation is 2. The van der Waals surface area contributed by atoms with Crippen LogP contribution < -0.4 is 4.74 Å². The van der Waals surface area contributed by atoms with E-state index in [0.717, 1.165) is 74.5 Å². The van der Waals surface area contributed by atoms with Gasteiger partial charge in [-0.15, -0.1) is 0 Å². The molecule has 0 bridgehead atoms. The van der Waals surface area contributed by atoms with Gasteiger partial charge in [-0.2, -0.15) is 13.2 Å². The molecule has 0 radical (unpaired) electrons. The van der Waals surface area contributed by atoms with Crippen LogP contribution in [0.4, 0.5) is 13.2 Å². The summed E-state index contributed by atoms with van der Waals surface area (Å²) in [5, 5.41) is 0.721. The monoisotopic (exact) mass is 419 g/mol. The highest BCUT2D eigenvalue weighted by Gasteiger charge is 2.29. The molecule has 1 saturated heterocycles. The fraction of sp³-hybridized carbons (Fsp3) is 0.500. The largest absolute Gasteiger partial charge is 0.490 e. The average Bonchev–Trinajstić information content (AvgIpc) is 3.38. The van der Waals surface area contributed by atoms with Crippen LogP contribution in [0.15, 0.2) is 34.9 Å². The summed E-state index contributed by atoms with van der Waals surface area (Å²) in [5.41, 5.74) is 1.66. The lowest BCUT2D eigenvalue weighted by atomic mass is 10.1. The minimum Gasteiger partial charge on any atom is -0.490 e. The molecule has 1 aliphatic carbocycles. The lowest BCUT2D eigenvalue weighted by Gasteiger charge is -2.31. The first kappa shape index (κ1) is 19.5. The molecule has 1 fully saturated rings. The van der Waals surface area contributed by atoms with Crippen LogP contribution in [0, 0.1) is 0 Å². The Morgan fingerprint density at radius 2 is 1.97 bits per heavy atom. The normalized spacial score (nSPS) is 18.2. The van der Waals surface area contributed by atoms with Crippen LogP contribution in [0.2, 0.25) is 0 Å². The van der Waals surface area contributed by atoms with Gasteiger partial charge >= 0.3 is 6.18 Å². The van der Waals surface area contributed by atoms with Crippen molar-refractivity contribution >= 4 is 10.9 Å². The molecule has 1 aliphatic heterocycles. The van der Waals surface area contributed by atoms with Crippen molar-refractivity contribution in [3.63, 3.8) is 0 Å². The van der Waals surface area contributed by atoms with E-state index in [4.69, 9.17) is 9.15 Å². The van der Waals surface area contributed by atoms with E-state index >= 15 is 0 Å². The Bertz CT molecular complexity index is 1010. The van der Waals surface area contributed by atoms with Gasteiger partial charge in [0.2, 0.25) is 5.89 Å². The Balaban J connectivity index is 1.20. The molecule has 5 nitrogen and oxygen atoms in total. The second-order valence-electron chi connectivity index (χ2n) is 8.17. The first-order chi connectivity index (χ1) is 14.4. The standard InChI is InChI=1S/C22H24F3N3O2/c23-22(24,25)14-28-12-9-16-18(28)4-2-5-19(16)29-15-7-10-27(11-8-15)13-21-26-17-3-1-6-20(17)30-21/h2,4-5,9,12,15H,1,3,6-8,10-11,13-14H2. The predicted molar refractivity (Wildman–Crippen MR) is 105 cm³/mol. The Hall–Kier alpha value is -2.48. The minimum absolute atomic E-state index is 0.0485. The SMILES string of the molecule is FC(F)(F)Cn1ccc2c(OC3CCN(Cc4nc5c(o4)CCC5)CC3)cccc21. The summed E-state index contributed by atoms with van der Waals surface area (Å²) in [7, 11) is 0. The molecule has 0 spiro atoms. The lowest BCUT2D eigenvalue weighted by molar-refractivity contribution is -0.139. The van der Waals surface area contributed by atoms with Gasteiger partial charge in [0.1, 0.15) is 24.2 Å². The molecule has 0 unspecified atom stereocenters. The number of fused-ring (bicyclic) bond motifs is 2.